The number of ether oxygens (including phenoxy) is 1. The molecule has 1 aromatic rings. The van der Waals surface area contributed by atoms with Crippen molar-refractivity contribution >= 4 is 6.08 Å². The van der Waals surface area contributed by atoms with Gasteiger partial charge in [0.05, 0.1) is 0 Å². The van der Waals surface area contributed by atoms with Gasteiger partial charge in [0.2, 0.25) is 0 Å². The number of rotatable bonds is 0. The molecule has 3 heterocycles. The summed E-state index contributed by atoms with van der Waals surface area (Å²) in [5.41, 5.74) is 4.33. The Balaban J connectivity index is 2.18. The second kappa shape index (κ2) is 2.26. The standard InChI is InChI=1S/C9H6N2O2/c1-2-8-6(10-3-1)4-7-9(13-8)5-12-11-7/h1-5,11H. The van der Waals surface area contributed by atoms with Crippen molar-refractivity contribution in [1.29, 1.82) is 0 Å². The third-order valence-corrected chi connectivity index (χ3v) is 1.90. The van der Waals surface area contributed by atoms with Crippen molar-refractivity contribution in [3.05, 3.63) is 41.7 Å². The topological polar surface area (TPSA) is 43.4 Å². The van der Waals surface area contributed by atoms with Gasteiger partial charge in [0.1, 0.15) is 11.4 Å². The SMILES string of the molecule is C1=C2NOC=C2Oc2cccnc21. The minimum Gasteiger partial charge on any atom is -0.449 e. The van der Waals surface area contributed by atoms with E-state index in [1.54, 1.807) is 6.20 Å². The van der Waals surface area contributed by atoms with E-state index in [1.807, 2.05) is 18.2 Å². The lowest BCUT2D eigenvalue weighted by Crippen LogP contribution is -2.11. The van der Waals surface area contributed by atoms with Crippen molar-refractivity contribution in [2.24, 2.45) is 0 Å². The highest BCUT2D eigenvalue weighted by Gasteiger charge is 2.21. The minimum atomic E-state index is 0.695. The number of pyridine rings is 1. The molecule has 0 fully saturated rings. The maximum absolute atomic E-state index is 5.50. The number of hydroxylamine groups is 1. The van der Waals surface area contributed by atoms with Gasteiger partial charge < -0.3 is 9.57 Å². The zero-order valence-electron chi connectivity index (χ0n) is 6.65. The van der Waals surface area contributed by atoms with Crippen LogP contribution < -0.4 is 10.2 Å². The van der Waals surface area contributed by atoms with Crippen LogP contribution in [0.3, 0.4) is 0 Å². The molecule has 0 saturated heterocycles. The predicted molar refractivity (Wildman–Crippen MR) is 45.1 cm³/mol. The Morgan fingerprint density at radius 1 is 1.38 bits per heavy atom. The molecule has 4 nitrogen and oxygen atoms in total. The van der Waals surface area contributed by atoms with Gasteiger partial charge in [-0.2, -0.15) is 0 Å². The summed E-state index contributed by atoms with van der Waals surface area (Å²) in [6, 6.07) is 3.70. The smallest absolute Gasteiger partial charge is 0.191 e. The first kappa shape index (κ1) is 6.54. The number of hydrogen-bond donors (Lipinski definition) is 1. The summed E-state index contributed by atoms with van der Waals surface area (Å²) in [7, 11) is 0. The zero-order chi connectivity index (χ0) is 8.67. The molecule has 2 aliphatic heterocycles. The normalized spacial score (nSPS) is 16.9. The Morgan fingerprint density at radius 3 is 3.38 bits per heavy atom. The van der Waals surface area contributed by atoms with E-state index in [0.29, 0.717) is 5.76 Å². The molecule has 0 amide bonds. The average Bonchev–Trinajstić information content (AvgIpc) is 2.61. The average molecular weight is 174 g/mol. The first-order valence-electron chi connectivity index (χ1n) is 3.90. The molecule has 4 heteroatoms. The van der Waals surface area contributed by atoms with Gasteiger partial charge in [-0.3, -0.25) is 4.98 Å². The van der Waals surface area contributed by atoms with Crippen LogP contribution >= 0.6 is 0 Å². The van der Waals surface area contributed by atoms with Crippen LogP contribution in [0.5, 0.6) is 5.75 Å². The van der Waals surface area contributed by atoms with E-state index in [9.17, 15) is 0 Å². The van der Waals surface area contributed by atoms with E-state index in [2.05, 4.69) is 10.5 Å². The Labute approximate surface area is 74.5 Å². The van der Waals surface area contributed by atoms with E-state index >= 15 is 0 Å². The van der Waals surface area contributed by atoms with Crippen LogP contribution in [0.25, 0.3) is 6.08 Å². The van der Waals surface area contributed by atoms with Crippen molar-refractivity contribution in [3.63, 3.8) is 0 Å². The maximum Gasteiger partial charge on any atom is 0.191 e. The fraction of sp³-hybridized carbons (Fsp3) is 0. The monoisotopic (exact) mass is 174 g/mol. The van der Waals surface area contributed by atoms with Gasteiger partial charge in [0.15, 0.2) is 17.8 Å². The van der Waals surface area contributed by atoms with Gasteiger partial charge >= 0.3 is 0 Å². The van der Waals surface area contributed by atoms with Gasteiger partial charge in [0, 0.05) is 6.20 Å². The van der Waals surface area contributed by atoms with Gasteiger partial charge in [-0.25, -0.2) is 5.48 Å². The van der Waals surface area contributed by atoms with Gasteiger partial charge in [-0.1, -0.05) is 0 Å². The van der Waals surface area contributed by atoms with Gasteiger partial charge in [-0.05, 0) is 18.2 Å². The summed E-state index contributed by atoms with van der Waals surface area (Å²) in [4.78, 5) is 9.05. The molecule has 13 heavy (non-hydrogen) atoms. The van der Waals surface area contributed by atoms with Crippen LogP contribution in [-0.4, -0.2) is 4.98 Å². The molecule has 0 aliphatic carbocycles. The molecule has 0 bridgehead atoms. The third-order valence-electron chi connectivity index (χ3n) is 1.90. The van der Waals surface area contributed by atoms with Crippen LogP contribution in [0.2, 0.25) is 0 Å². The molecule has 0 atom stereocenters. The second-order valence-corrected chi connectivity index (χ2v) is 2.75. The van der Waals surface area contributed by atoms with E-state index < -0.39 is 0 Å². The predicted octanol–water partition coefficient (Wildman–Crippen LogP) is 1.19. The van der Waals surface area contributed by atoms with Crippen molar-refractivity contribution in [2.45, 2.75) is 0 Å². The van der Waals surface area contributed by atoms with Crippen LogP contribution in [0, 0.1) is 0 Å². The second-order valence-electron chi connectivity index (χ2n) is 2.75. The lowest BCUT2D eigenvalue weighted by Gasteiger charge is -2.13. The summed E-state index contributed by atoms with van der Waals surface area (Å²) >= 11 is 0. The number of fused-ring (bicyclic) bond motifs is 2. The first-order valence-corrected chi connectivity index (χ1v) is 3.90. The van der Waals surface area contributed by atoms with Crippen LogP contribution in [0.15, 0.2) is 36.0 Å². The first-order chi connectivity index (χ1) is 6.43. The summed E-state index contributed by atoms with van der Waals surface area (Å²) < 4.78 is 5.50. The molecular weight excluding hydrogens is 168 g/mol. The van der Waals surface area contributed by atoms with Crippen LogP contribution in [-0.2, 0) is 4.84 Å². The van der Waals surface area contributed by atoms with E-state index in [4.69, 9.17) is 9.57 Å². The summed E-state index contributed by atoms with van der Waals surface area (Å²) in [6.45, 7) is 0. The molecule has 1 aromatic heterocycles. The molecule has 1 N–H and O–H groups in total. The molecule has 0 saturated carbocycles. The fourth-order valence-electron chi connectivity index (χ4n) is 1.29. The quantitative estimate of drug-likeness (QED) is 0.641. The molecule has 3 rings (SSSR count). The highest BCUT2D eigenvalue weighted by Crippen LogP contribution is 2.30. The van der Waals surface area contributed by atoms with Crippen molar-refractivity contribution in [3.8, 4) is 5.75 Å². The molecule has 64 valence electrons. The number of nitrogens with zero attached hydrogens (tertiary/aromatic N) is 1. The number of aromatic nitrogens is 1. The summed E-state index contributed by atoms with van der Waals surface area (Å²) in [5, 5.41) is 0. The molecular formula is C9H6N2O2. The van der Waals surface area contributed by atoms with E-state index in [0.717, 1.165) is 17.1 Å². The van der Waals surface area contributed by atoms with Crippen LogP contribution in [0.1, 0.15) is 5.69 Å². The van der Waals surface area contributed by atoms with Crippen molar-refractivity contribution in [2.75, 3.05) is 0 Å². The Bertz CT molecular complexity index is 423. The lowest BCUT2D eigenvalue weighted by atomic mass is 10.2. The largest absolute Gasteiger partial charge is 0.449 e. The van der Waals surface area contributed by atoms with E-state index in [1.165, 1.54) is 6.26 Å². The Kier molecular flexibility index (Phi) is 1.14. The molecule has 0 unspecified atom stereocenters. The Hall–Kier alpha value is -1.97. The summed E-state index contributed by atoms with van der Waals surface area (Å²) in [5.74, 6) is 1.45. The number of nitrogens with one attached hydrogen (secondary N) is 1. The maximum atomic E-state index is 5.50. The van der Waals surface area contributed by atoms with Gasteiger partial charge in [-0.15, -0.1) is 0 Å². The Morgan fingerprint density at radius 2 is 2.38 bits per heavy atom. The highest BCUT2D eigenvalue weighted by molar-refractivity contribution is 5.63. The molecule has 2 aliphatic rings. The van der Waals surface area contributed by atoms with Crippen molar-refractivity contribution < 1.29 is 9.57 Å². The minimum absolute atomic E-state index is 0.695. The highest BCUT2D eigenvalue weighted by atomic mass is 16.7. The lowest BCUT2D eigenvalue weighted by molar-refractivity contribution is 0.187. The van der Waals surface area contributed by atoms with Gasteiger partial charge in [0.25, 0.3) is 0 Å². The summed E-state index contributed by atoms with van der Waals surface area (Å²) in [6.07, 6.45) is 5.14. The zero-order valence-corrected chi connectivity index (χ0v) is 6.65. The van der Waals surface area contributed by atoms with Crippen LogP contribution in [0.4, 0.5) is 0 Å². The molecule has 0 aromatic carbocycles. The van der Waals surface area contributed by atoms with E-state index in [-0.39, 0.29) is 0 Å². The molecule has 0 radical (unpaired) electrons. The van der Waals surface area contributed by atoms with Crippen molar-refractivity contribution in [1.82, 2.24) is 10.5 Å². The third kappa shape index (κ3) is 0.885. The fourth-order valence-corrected chi connectivity index (χ4v) is 1.29. The number of hydrogen-bond acceptors (Lipinski definition) is 4. The molecule has 0 spiro atoms.